The molecule has 4 nitrogen and oxygen atoms in total. The second-order valence-corrected chi connectivity index (χ2v) is 6.86. The van der Waals surface area contributed by atoms with Crippen LogP contribution in [0.3, 0.4) is 0 Å². The summed E-state index contributed by atoms with van der Waals surface area (Å²) >= 11 is 6.48. The topological polar surface area (TPSA) is 39.7 Å². The van der Waals surface area contributed by atoms with Gasteiger partial charge in [0.05, 0.1) is 14.2 Å². The maximum absolute atomic E-state index is 6.48. The quantitative estimate of drug-likeness (QED) is 0.517. The van der Waals surface area contributed by atoms with Crippen LogP contribution in [-0.2, 0) is 13.2 Å². The van der Waals surface area contributed by atoms with Crippen molar-refractivity contribution >= 4 is 17.3 Å². The molecular weight excluding hydrogens is 374 g/mol. The van der Waals surface area contributed by atoms with Crippen molar-refractivity contribution in [3.05, 3.63) is 82.4 Å². The Morgan fingerprint density at radius 2 is 1.57 bits per heavy atom. The summed E-state index contributed by atoms with van der Waals surface area (Å²) in [6.45, 7) is 3.09. The zero-order chi connectivity index (χ0) is 19.9. The summed E-state index contributed by atoms with van der Waals surface area (Å²) in [5, 5.41) is 3.98. The molecule has 5 heteroatoms. The van der Waals surface area contributed by atoms with E-state index in [4.69, 9.17) is 25.8 Å². The van der Waals surface area contributed by atoms with Gasteiger partial charge in [-0.25, -0.2) is 0 Å². The van der Waals surface area contributed by atoms with Crippen molar-refractivity contribution in [1.29, 1.82) is 0 Å². The van der Waals surface area contributed by atoms with Crippen molar-refractivity contribution in [3.8, 4) is 17.2 Å². The Morgan fingerprint density at radius 1 is 0.857 bits per heavy atom. The van der Waals surface area contributed by atoms with Gasteiger partial charge in [-0.15, -0.1) is 0 Å². The molecule has 0 saturated heterocycles. The number of anilines is 1. The van der Waals surface area contributed by atoms with Gasteiger partial charge in [0.2, 0.25) is 0 Å². The molecule has 0 saturated carbocycles. The van der Waals surface area contributed by atoms with Gasteiger partial charge in [-0.3, -0.25) is 0 Å². The van der Waals surface area contributed by atoms with Crippen LogP contribution in [0, 0.1) is 6.92 Å². The van der Waals surface area contributed by atoms with Crippen molar-refractivity contribution in [2.75, 3.05) is 19.5 Å². The molecule has 28 heavy (non-hydrogen) atoms. The van der Waals surface area contributed by atoms with Crippen LogP contribution in [0.25, 0.3) is 0 Å². The number of methoxy groups -OCH3 is 2. The number of hydrogen-bond donors (Lipinski definition) is 1. The summed E-state index contributed by atoms with van der Waals surface area (Å²) in [4.78, 5) is 0. The van der Waals surface area contributed by atoms with Crippen LogP contribution >= 0.6 is 11.6 Å². The average Bonchev–Trinajstić information content (AvgIpc) is 2.73. The minimum absolute atomic E-state index is 0.455. The highest BCUT2D eigenvalue weighted by molar-refractivity contribution is 6.31. The highest BCUT2D eigenvalue weighted by Crippen LogP contribution is 2.34. The smallest absolute Gasteiger partial charge is 0.163 e. The van der Waals surface area contributed by atoms with Crippen LogP contribution in [0.5, 0.6) is 17.2 Å². The third-order valence-electron chi connectivity index (χ3n) is 4.42. The second kappa shape index (κ2) is 9.38. The number of nitrogens with one attached hydrogen (secondary N) is 1. The molecule has 0 bridgehead atoms. The van der Waals surface area contributed by atoms with Crippen LogP contribution in [-0.4, -0.2) is 14.2 Å². The fourth-order valence-corrected chi connectivity index (χ4v) is 2.96. The van der Waals surface area contributed by atoms with E-state index in [1.165, 1.54) is 5.56 Å². The molecule has 0 aromatic heterocycles. The van der Waals surface area contributed by atoms with E-state index in [1.807, 2.05) is 30.3 Å². The zero-order valence-corrected chi connectivity index (χ0v) is 17.0. The van der Waals surface area contributed by atoms with Crippen LogP contribution in [0.2, 0.25) is 5.02 Å². The number of aryl methyl sites for hydroxylation is 1. The van der Waals surface area contributed by atoms with Crippen LogP contribution in [0.15, 0.2) is 60.7 Å². The number of benzene rings is 3. The number of hydrogen-bond acceptors (Lipinski definition) is 4. The Balaban J connectivity index is 1.68. The van der Waals surface area contributed by atoms with Gasteiger partial charge in [-0.2, -0.15) is 0 Å². The lowest BCUT2D eigenvalue weighted by Crippen LogP contribution is -2.03. The van der Waals surface area contributed by atoms with Crippen molar-refractivity contribution < 1.29 is 14.2 Å². The molecule has 0 atom stereocenters. The first kappa shape index (κ1) is 19.9. The molecule has 3 aromatic rings. The molecule has 0 fully saturated rings. The number of rotatable bonds is 8. The van der Waals surface area contributed by atoms with E-state index in [0.717, 1.165) is 22.6 Å². The summed E-state index contributed by atoms with van der Waals surface area (Å²) < 4.78 is 16.6. The second-order valence-electron chi connectivity index (χ2n) is 6.45. The van der Waals surface area contributed by atoms with E-state index in [9.17, 15) is 0 Å². The summed E-state index contributed by atoms with van der Waals surface area (Å²) in [6, 6.07) is 19.7. The predicted octanol–water partition coefficient (Wildman–Crippen LogP) is 5.86. The lowest BCUT2D eigenvalue weighted by molar-refractivity contribution is 0.284. The fraction of sp³-hybridized carbons (Fsp3) is 0.217. The fourth-order valence-electron chi connectivity index (χ4n) is 2.74. The molecule has 1 N–H and O–H groups in total. The van der Waals surface area contributed by atoms with E-state index < -0.39 is 0 Å². The molecule has 0 unspecified atom stereocenters. The Morgan fingerprint density at radius 3 is 2.21 bits per heavy atom. The standard InChI is InChI=1S/C23H24ClNO3/c1-16-4-6-17(7-5-16)15-28-23-13-21(24)18(12-22(23)27-3)14-25-19-8-10-20(26-2)11-9-19/h4-13,25H,14-15H2,1-3H3. The van der Waals surface area contributed by atoms with Gasteiger partial charge < -0.3 is 19.5 Å². The minimum Gasteiger partial charge on any atom is -0.497 e. The van der Waals surface area contributed by atoms with Gasteiger partial charge in [0.15, 0.2) is 11.5 Å². The van der Waals surface area contributed by atoms with E-state index in [0.29, 0.717) is 29.7 Å². The van der Waals surface area contributed by atoms with Crippen LogP contribution in [0.1, 0.15) is 16.7 Å². The molecule has 3 rings (SSSR count). The Hall–Kier alpha value is -2.85. The normalized spacial score (nSPS) is 10.4. The monoisotopic (exact) mass is 397 g/mol. The summed E-state index contributed by atoms with van der Waals surface area (Å²) in [5.41, 5.74) is 4.22. The van der Waals surface area contributed by atoms with Gasteiger partial charge >= 0.3 is 0 Å². The largest absolute Gasteiger partial charge is 0.497 e. The van der Waals surface area contributed by atoms with Crippen molar-refractivity contribution in [2.24, 2.45) is 0 Å². The number of ether oxygens (including phenoxy) is 3. The van der Waals surface area contributed by atoms with Gasteiger partial charge in [-0.05, 0) is 48.4 Å². The maximum atomic E-state index is 6.48. The first-order chi connectivity index (χ1) is 13.6. The molecule has 0 spiro atoms. The molecule has 0 aliphatic heterocycles. The molecule has 3 aromatic carbocycles. The van der Waals surface area contributed by atoms with Crippen molar-refractivity contribution in [2.45, 2.75) is 20.1 Å². The molecule has 0 amide bonds. The van der Waals surface area contributed by atoms with E-state index in [-0.39, 0.29) is 0 Å². The lowest BCUT2D eigenvalue weighted by atomic mass is 10.1. The SMILES string of the molecule is COc1ccc(NCc2cc(OC)c(OCc3ccc(C)cc3)cc2Cl)cc1. The van der Waals surface area contributed by atoms with Gasteiger partial charge in [-0.1, -0.05) is 41.4 Å². The van der Waals surface area contributed by atoms with Gasteiger partial charge in [0.25, 0.3) is 0 Å². The zero-order valence-electron chi connectivity index (χ0n) is 16.3. The Labute approximate surface area is 171 Å². The van der Waals surface area contributed by atoms with Crippen LogP contribution in [0.4, 0.5) is 5.69 Å². The molecule has 0 aliphatic carbocycles. The highest BCUT2D eigenvalue weighted by Gasteiger charge is 2.11. The van der Waals surface area contributed by atoms with Gasteiger partial charge in [0.1, 0.15) is 12.4 Å². The van der Waals surface area contributed by atoms with E-state index in [2.05, 4.69) is 36.5 Å². The summed E-state index contributed by atoms with van der Waals surface area (Å²) in [6.07, 6.45) is 0. The highest BCUT2D eigenvalue weighted by atomic mass is 35.5. The summed E-state index contributed by atoms with van der Waals surface area (Å²) in [7, 11) is 3.28. The third-order valence-corrected chi connectivity index (χ3v) is 4.77. The first-order valence-corrected chi connectivity index (χ1v) is 9.39. The lowest BCUT2D eigenvalue weighted by Gasteiger charge is -2.15. The molecule has 0 heterocycles. The Bertz CT molecular complexity index is 908. The molecule has 0 radical (unpaired) electrons. The number of halogens is 1. The van der Waals surface area contributed by atoms with Crippen LogP contribution < -0.4 is 19.5 Å². The third kappa shape index (κ3) is 5.11. The first-order valence-electron chi connectivity index (χ1n) is 9.01. The predicted molar refractivity (Wildman–Crippen MR) is 114 cm³/mol. The average molecular weight is 398 g/mol. The van der Waals surface area contributed by atoms with Gasteiger partial charge in [0, 0.05) is 23.3 Å². The van der Waals surface area contributed by atoms with Crippen molar-refractivity contribution in [1.82, 2.24) is 0 Å². The Kier molecular flexibility index (Phi) is 6.66. The molecule has 146 valence electrons. The molecular formula is C23H24ClNO3. The maximum Gasteiger partial charge on any atom is 0.163 e. The van der Waals surface area contributed by atoms with E-state index >= 15 is 0 Å². The van der Waals surface area contributed by atoms with E-state index in [1.54, 1.807) is 20.3 Å². The summed E-state index contributed by atoms with van der Waals surface area (Å²) in [5.74, 6) is 2.10. The molecule has 0 aliphatic rings. The minimum atomic E-state index is 0.455. The van der Waals surface area contributed by atoms with Crippen molar-refractivity contribution in [3.63, 3.8) is 0 Å².